The highest BCUT2D eigenvalue weighted by Crippen LogP contribution is 2.25. The van der Waals surface area contributed by atoms with E-state index in [0.717, 1.165) is 11.3 Å². The number of pyridine rings is 1. The number of hydrogen-bond acceptors (Lipinski definition) is 3. The Morgan fingerprint density at radius 2 is 2.12 bits per heavy atom. The normalized spacial score (nSPS) is 12.1. The quantitative estimate of drug-likeness (QED) is 0.272. The van der Waals surface area contributed by atoms with Crippen molar-refractivity contribution in [2.24, 2.45) is 4.99 Å². The summed E-state index contributed by atoms with van der Waals surface area (Å²) in [7, 11) is 1.72. The van der Waals surface area contributed by atoms with Crippen LogP contribution in [0.4, 0.5) is 0 Å². The highest BCUT2D eigenvalue weighted by molar-refractivity contribution is 14.0. The third-order valence-electron chi connectivity index (χ3n) is 3.30. The minimum atomic E-state index is -0.0137. The first-order chi connectivity index (χ1) is 11.6. The van der Waals surface area contributed by atoms with Crippen molar-refractivity contribution >= 4 is 53.1 Å². The van der Waals surface area contributed by atoms with Crippen molar-refractivity contribution in [1.29, 1.82) is 0 Å². The first-order valence-electron chi connectivity index (χ1n) is 7.55. The molecular weight excluding hydrogens is 474 g/mol. The van der Waals surface area contributed by atoms with Crippen LogP contribution in [0.3, 0.4) is 0 Å². The van der Waals surface area contributed by atoms with E-state index in [1.54, 1.807) is 25.5 Å². The summed E-state index contributed by atoms with van der Waals surface area (Å²) in [6.07, 6.45) is 3.39. The minimum Gasteiger partial charge on any atom is -0.490 e. The van der Waals surface area contributed by atoms with Crippen LogP contribution in [0.25, 0.3) is 0 Å². The van der Waals surface area contributed by atoms with Crippen molar-refractivity contribution in [2.45, 2.75) is 13.0 Å². The highest BCUT2D eigenvalue weighted by atomic mass is 127. The lowest BCUT2D eigenvalue weighted by Crippen LogP contribution is -2.40. The first-order valence-corrected chi connectivity index (χ1v) is 8.30. The van der Waals surface area contributed by atoms with Gasteiger partial charge in [-0.3, -0.25) is 9.98 Å². The lowest BCUT2D eigenvalue weighted by molar-refractivity contribution is 0.320. The topological polar surface area (TPSA) is 58.5 Å². The molecule has 1 aromatic carbocycles. The van der Waals surface area contributed by atoms with E-state index in [0.29, 0.717) is 29.2 Å². The van der Waals surface area contributed by atoms with Gasteiger partial charge in [0.1, 0.15) is 12.4 Å². The molecule has 0 saturated heterocycles. The van der Waals surface area contributed by atoms with Gasteiger partial charge in [-0.05, 0) is 36.8 Å². The van der Waals surface area contributed by atoms with Crippen LogP contribution in [-0.2, 0) is 0 Å². The van der Waals surface area contributed by atoms with Gasteiger partial charge in [-0.15, -0.1) is 24.0 Å². The monoisotopic (exact) mass is 494 g/mol. The van der Waals surface area contributed by atoms with Crippen LogP contribution in [0.15, 0.2) is 47.7 Å². The Bertz CT molecular complexity index is 686. The molecule has 25 heavy (non-hydrogen) atoms. The van der Waals surface area contributed by atoms with Gasteiger partial charge in [0.15, 0.2) is 5.96 Å². The van der Waals surface area contributed by atoms with Gasteiger partial charge in [0.2, 0.25) is 0 Å². The molecule has 1 atom stereocenters. The molecule has 0 aliphatic carbocycles. The lowest BCUT2D eigenvalue weighted by atomic mass is 10.1. The van der Waals surface area contributed by atoms with Gasteiger partial charge in [0.05, 0.1) is 18.8 Å². The molecular formula is C17H21Cl2IN4O. The molecule has 2 N–H and O–H groups in total. The summed E-state index contributed by atoms with van der Waals surface area (Å²) in [5.74, 6) is 1.41. The van der Waals surface area contributed by atoms with Crippen molar-refractivity contribution < 1.29 is 4.74 Å². The molecule has 0 radical (unpaired) electrons. The smallest absolute Gasteiger partial charge is 0.191 e. The summed E-state index contributed by atoms with van der Waals surface area (Å²) in [4.78, 5) is 8.20. The Balaban J connectivity index is 0.00000312. The van der Waals surface area contributed by atoms with Gasteiger partial charge in [-0.1, -0.05) is 29.3 Å². The number of halogens is 3. The van der Waals surface area contributed by atoms with Gasteiger partial charge in [0, 0.05) is 23.3 Å². The second-order valence-electron chi connectivity index (χ2n) is 5.07. The van der Waals surface area contributed by atoms with Crippen LogP contribution >= 0.6 is 47.2 Å². The van der Waals surface area contributed by atoms with Crippen molar-refractivity contribution in [1.82, 2.24) is 15.6 Å². The Morgan fingerprint density at radius 1 is 1.32 bits per heavy atom. The zero-order valence-electron chi connectivity index (χ0n) is 14.0. The molecule has 0 amide bonds. The van der Waals surface area contributed by atoms with E-state index < -0.39 is 0 Å². The second-order valence-corrected chi connectivity index (χ2v) is 5.91. The van der Waals surface area contributed by atoms with Crippen molar-refractivity contribution in [3.05, 3.63) is 58.3 Å². The van der Waals surface area contributed by atoms with E-state index in [1.807, 2.05) is 31.2 Å². The van der Waals surface area contributed by atoms with E-state index in [-0.39, 0.29) is 30.0 Å². The van der Waals surface area contributed by atoms with Crippen LogP contribution < -0.4 is 15.4 Å². The molecule has 136 valence electrons. The molecule has 2 rings (SSSR count). The number of ether oxygens (including phenoxy) is 1. The van der Waals surface area contributed by atoms with E-state index in [4.69, 9.17) is 27.9 Å². The molecule has 5 nitrogen and oxygen atoms in total. The second kappa shape index (κ2) is 11.4. The van der Waals surface area contributed by atoms with Gasteiger partial charge in [-0.25, -0.2) is 0 Å². The number of guanidine groups is 1. The fourth-order valence-electron chi connectivity index (χ4n) is 2.10. The van der Waals surface area contributed by atoms with Crippen LogP contribution in [0.5, 0.6) is 5.75 Å². The average molecular weight is 495 g/mol. The number of benzene rings is 1. The summed E-state index contributed by atoms with van der Waals surface area (Å²) < 4.78 is 5.58. The maximum atomic E-state index is 6.24. The van der Waals surface area contributed by atoms with Crippen LogP contribution in [-0.4, -0.2) is 31.1 Å². The zero-order chi connectivity index (χ0) is 17.4. The average Bonchev–Trinajstić information content (AvgIpc) is 2.58. The molecule has 0 aliphatic heterocycles. The summed E-state index contributed by atoms with van der Waals surface area (Å²) >= 11 is 12.2. The van der Waals surface area contributed by atoms with Crippen molar-refractivity contribution in [3.8, 4) is 5.75 Å². The number of rotatable bonds is 6. The fraction of sp³-hybridized carbons (Fsp3) is 0.294. The standard InChI is InChI=1S/C17H20Cl2N4O.HI/c1-12(15-6-5-13(18)10-16(15)19)23-17(20-2)22-8-9-24-14-4-3-7-21-11-14;/h3-7,10-12H,8-9H2,1-2H3,(H2,20,22,23);1H. The Hall–Kier alpha value is -1.25. The molecule has 0 spiro atoms. The number of nitrogens with zero attached hydrogens (tertiary/aromatic N) is 2. The van der Waals surface area contributed by atoms with E-state index in [2.05, 4.69) is 20.6 Å². The fourth-order valence-corrected chi connectivity index (χ4v) is 2.67. The van der Waals surface area contributed by atoms with Crippen molar-refractivity contribution in [2.75, 3.05) is 20.2 Å². The van der Waals surface area contributed by atoms with Gasteiger partial charge in [-0.2, -0.15) is 0 Å². The summed E-state index contributed by atoms with van der Waals surface area (Å²) in [6.45, 7) is 3.12. The van der Waals surface area contributed by atoms with Gasteiger partial charge in [0.25, 0.3) is 0 Å². The van der Waals surface area contributed by atoms with Crippen LogP contribution in [0.2, 0.25) is 10.0 Å². The lowest BCUT2D eigenvalue weighted by Gasteiger charge is -2.19. The van der Waals surface area contributed by atoms with Crippen molar-refractivity contribution in [3.63, 3.8) is 0 Å². The summed E-state index contributed by atoms with van der Waals surface area (Å²) in [5, 5.41) is 7.72. The molecule has 0 fully saturated rings. The number of aromatic nitrogens is 1. The molecule has 1 aromatic heterocycles. The van der Waals surface area contributed by atoms with E-state index >= 15 is 0 Å². The molecule has 8 heteroatoms. The van der Waals surface area contributed by atoms with E-state index in [1.165, 1.54) is 0 Å². The van der Waals surface area contributed by atoms with E-state index in [9.17, 15) is 0 Å². The molecule has 0 bridgehead atoms. The molecule has 0 aliphatic rings. The zero-order valence-corrected chi connectivity index (χ0v) is 17.8. The van der Waals surface area contributed by atoms with Crippen LogP contribution in [0.1, 0.15) is 18.5 Å². The summed E-state index contributed by atoms with van der Waals surface area (Å²) in [5.41, 5.74) is 0.954. The SMILES string of the molecule is CN=C(NCCOc1cccnc1)NC(C)c1ccc(Cl)cc1Cl.I. The Kier molecular flexibility index (Phi) is 9.92. The predicted octanol–water partition coefficient (Wildman–Crippen LogP) is 4.31. The molecule has 1 heterocycles. The Morgan fingerprint density at radius 3 is 2.76 bits per heavy atom. The van der Waals surface area contributed by atoms with Gasteiger partial charge >= 0.3 is 0 Å². The third-order valence-corrected chi connectivity index (χ3v) is 3.87. The minimum absolute atomic E-state index is 0. The Labute approximate surface area is 175 Å². The number of nitrogens with one attached hydrogen (secondary N) is 2. The molecule has 2 aromatic rings. The largest absolute Gasteiger partial charge is 0.490 e. The maximum Gasteiger partial charge on any atom is 0.191 e. The third kappa shape index (κ3) is 7.25. The highest BCUT2D eigenvalue weighted by Gasteiger charge is 2.11. The predicted molar refractivity (Wildman–Crippen MR) is 115 cm³/mol. The first kappa shape index (κ1) is 21.8. The van der Waals surface area contributed by atoms with Gasteiger partial charge < -0.3 is 15.4 Å². The molecule has 0 saturated carbocycles. The summed E-state index contributed by atoms with van der Waals surface area (Å²) in [6, 6.07) is 9.14. The number of hydrogen-bond donors (Lipinski definition) is 2. The number of aliphatic imine (C=N–C) groups is 1. The van der Waals surface area contributed by atoms with Crippen LogP contribution in [0, 0.1) is 0 Å². The maximum absolute atomic E-state index is 6.24. The molecule has 1 unspecified atom stereocenters.